The van der Waals surface area contributed by atoms with Crippen molar-refractivity contribution in [2.24, 2.45) is 0 Å². The van der Waals surface area contributed by atoms with Crippen LogP contribution in [0.3, 0.4) is 0 Å². The van der Waals surface area contributed by atoms with Crippen LogP contribution in [0.25, 0.3) is 0 Å². The summed E-state index contributed by atoms with van der Waals surface area (Å²) in [6, 6.07) is 0. The smallest absolute Gasteiger partial charge is 0.0736 e. The minimum atomic E-state index is -0.0926. The summed E-state index contributed by atoms with van der Waals surface area (Å²) in [6.45, 7) is 2.13. The molecule has 1 aliphatic carbocycles. The highest BCUT2D eigenvalue weighted by atomic mass is 79.9. The van der Waals surface area contributed by atoms with E-state index in [2.05, 4.69) is 86.6 Å². The molecule has 0 aromatic heterocycles. The first-order valence-electron chi connectivity index (χ1n) is 3.26. The van der Waals surface area contributed by atoms with E-state index in [1.807, 2.05) is 0 Å². The van der Waals surface area contributed by atoms with Crippen molar-refractivity contribution in [1.29, 1.82) is 0 Å². The Morgan fingerprint density at radius 2 is 1.33 bits per heavy atom. The Hall–Kier alpha value is 1.88. The first kappa shape index (κ1) is 12.0. The molecule has 1 aliphatic rings. The Kier molecular flexibility index (Phi) is 4.15. The van der Waals surface area contributed by atoms with E-state index in [1.54, 1.807) is 0 Å². The van der Waals surface area contributed by atoms with Crippen LogP contribution in [0.4, 0.5) is 0 Å². The monoisotopic (exact) mass is 484 g/mol. The summed E-state index contributed by atoms with van der Waals surface area (Å²) in [5.41, 5.74) is 0. The zero-order valence-electron chi connectivity index (χ0n) is 6.10. The van der Waals surface area contributed by atoms with Gasteiger partial charge in [-0.3, -0.25) is 0 Å². The number of allylic oxidation sites excluding steroid dienone is 4. The molecule has 0 N–H and O–H groups in total. The molecule has 0 saturated heterocycles. The van der Waals surface area contributed by atoms with Gasteiger partial charge in [0.25, 0.3) is 0 Å². The van der Waals surface area contributed by atoms with Crippen LogP contribution in [-0.2, 0) is 0 Å². The van der Waals surface area contributed by atoms with Crippen LogP contribution in [0.5, 0.6) is 0 Å². The van der Waals surface area contributed by atoms with Gasteiger partial charge in [-0.15, -0.1) is 0 Å². The highest BCUT2D eigenvalue weighted by Crippen LogP contribution is 2.56. The summed E-state index contributed by atoms with van der Waals surface area (Å²) < 4.78 is 4.28. The third-order valence-electron chi connectivity index (χ3n) is 1.76. The van der Waals surface area contributed by atoms with E-state index >= 15 is 0 Å². The van der Waals surface area contributed by atoms with Gasteiger partial charge in [-0.2, -0.15) is 0 Å². The molecular weight excluding hydrogens is 484 g/mol. The Morgan fingerprint density at radius 1 is 1.00 bits per heavy atom. The van der Waals surface area contributed by atoms with Gasteiger partial charge in [-0.1, -0.05) is 54.7 Å². The van der Waals surface area contributed by atoms with Gasteiger partial charge in [-0.25, -0.2) is 0 Å². The van der Waals surface area contributed by atoms with Gasteiger partial charge in [0, 0.05) is 17.9 Å². The van der Waals surface area contributed by atoms with Crippen LogP contribution in [0.2, 0.25) is 0 Å². The lowest BCUT2D eigenvalue weighted by molar-refractivity contribution is 0.839. The van der Waals surface area contributed by atoms with Crippen LogP contribution in [0, 0.1) is 0 Å². The summed E-state index contributed by atoms with van der Waals surface area (Å²) in [5.74, 6) is 0. The van der Waals surface area contributed by atoms with Crippen LogP contribution in [0.15, 0.2) is 17.9 Å². The molecule has 0 aromatic carbocycles. The van der Waals surface area contributed by atoms with E-state index in [4.69, 9.17) is 0 Å². The highest BCUT2D eigenvalue weighted by molar-refractivity contribution is 9.18. The molecule has 0 aliphatic heterocycles. The summed E-state index contributed by atoms with van der Waals surface area (Å²) in [6.07, 6.45) is 0.984. The molecule has 0 atom stereocenters. The predicted molar refractivity (Wildman–Crippen MR) is 71.7 cm³/mol. The van der Waals surface area contributed by atoms with E-state index in [1.165, 1.54) is 0 Å². The third kappa shape index (κ3) is 1.69. The average Bonchev–Trinajstić information content (AvgIpc) is 2.22. The summed E-state index contributed by atoms with van der Waals surface area (Å²) in [4.78, 5) is 0. The van der Waals surface area contributed by atoms with E-state index in [0.29, 0.717) is 0 Å². The van der Waals surface area contributed by atoms with E-state index in [9.17, 15) is 0 Å². The summed E-state index contributed by atoms with van der Waals surface area (Å²) in [5, 5.41) is 0. The topological polar surface area (TPSA) is 0 Å². The lowest BCUT2D eigenvalue weighted by Crippen LogP contribution is -2.17. The number of rotatable bonds is 1. The average molecular weight is 489 g/mol. The van der Waals surface area contributed by atoms with Crippen molar-refractivity contribution in [3.63, 3.8) is 0 Å². The summed E-state index contributed by atoms with van der Waals surface area (Å²) in [7, 11) is 0. The van der Waals surface area contributed by atoms with Gasteiger partial charge in [-0.05, 0) is 38.3 Å². The van der Waals surface area contributed by atoms with E-state index in [0.717, 1.165) is 24.4 Å². The lowest BCUT2D eigenvalue weighted by atomic mass is 10.1. The minimum Gasteiger partial charge on any atom is -0.0736 e. The molecule has 0 unspecified atom stereocenters. The molecule has 5 heteroatoms. The normalized spacial score (nSPS) is 22.5. The van der Waals surface area contributed by atoms with Crippen molar-refractivity contribution in [3.8, 4) is 0 Å². The summed E-state index contributed by atoms with van der Waals surface area (Å²) >= 11 is 17.8. The molecule has 68 valence electrons. The van der Waals surface area contributed by atoms with E-state index in [-0.39, 0.29) is 4.32 Å². The van der Waals surface area contributed by atoms with Crippen LogP contribution < -0.4 is 0 Å². The van der Waals surface area contributed by atoms with Crippen molar-refractivity contribution >= 4 is 79.6 Å². The molecule has 0 spiro atoms. The molecule has 0 fully saturated rings. The van der Waals surface area contributed by atoms with Gasteiger partial charge < -0.3 is 0 Å². The quantitative estimate of drug-likeness (QED) is 0.425. The van der Waals surface area contributed by atoms with Crippen LogP contribution in [-0.4, -0.2) is 4.32 Å². The van der Waals surface area contributed by atoms with Gasteiger partial charge in [0.2, 0.25) is 0 Å². The number of hydrogen-bond acceptors (Lipinski definition) is 0. The maximum atomic E-state index is 3.69. The Bertz CT molecular complexity index is 252. The van der Waals surface area contributed by atoms with Crippen LogP contribution >= 0.6 is 79.6 Å². The molecule has 0 bridgehead atoms. The second kappa shape index (κ2) is 4.17. The Labute approximate surface area is 114 Å². The van der Waals surface area contributed by atoms with Crippen LogP contribution in [0.1, 0.15) is 13.3 Å². The number of halogens is 5. The fourth-order valence-electron chi connectivity index (χ4n) is 0.947. The first-order valence-corrected chi connectivity index (χ1v) is 7.22. The second-order valence-electron chi connectivity index (χ2n) is 2.41. The maximum absolute atomic E-state index is 3.69. The molecule has 12 heavy (non-hydrogen) atoms. The van der Waals surface area contributed by atoms with Crippen molar-refractivity contribution in [3.05, 3.63) is 17.9 Å². The van der Waals surface area contributed by atoms with Crippen molar-refractivity contribution in [2.75, 3.05) is 0 Å². The number of hydrogen-bond donors (Lipinski definition) is 0. The molecular formula is C7H5Br5. The number of alkyl halides is 1. The largest absolute Gasteiger partial charge is 0.0904 e. The highest BCUT2D eigenvalue weighted by Gasteiger charge is 2.40. The fourth-order valence-corrected chi connectivity index (χ4v) is 5.10. The SMILES string of the molecule is CCC1(Br)C(Br)=C(Br)C(Br)=C1Br. The van der Waals surface area contributed by atoms with Crippen molar-refractivity contribution in [2.45, 2.75) is 17.7 Å². The fraction of sp³-hybridized carbons (Fsp3) is 0.429. The van der Waals surface area contributed by atoms with Gasteiger partial charge >= 0.3 is 0 Å². The van der Waals surface area contributed by atoms with Gasteiger partial charge in [0.05, 0.1) is 4.32 Å². The van der Waals surface area contributed by atoms with Crippen molar-refractivity contribution < 1.29 is 0 Å². The molecule has 0 nitrogen and oxygen atoms in total. The molecule has 0 radical (unpaired) electrons. The van der Waals surface area contributed by atoms with Gasteiger partial charge in [0.1, 0.15) is 0 Å². The molecule has 0 amide bonds. The first-order chi connectivity index (χ1) is 5.45. The van der Waals surface area contributed by atoms with Gasteiger partial charge in [0.15, 0.2) is 0 Å². The molecule has 0 aromatic rings. The zero-order valence-corrected chi connectivity index (χ0v) is 14.0. The molecule has 0 saturated carbocycles. The second-order valence-corrected chi connectivity index (χ2v) is 6.94. The van der Waals surface area contributed by atoms with E-state index < -0.39 is 0 Å². The van der Waals surface area contributed by atoms with Crippen molar-refractivity contribution in [1.82, 2.24) is 0 Å². The zero-order chi connectivity index (χ0) is 9.52. The Morgan fingerprint density at radius 3 is 1.50 bits per heavy atom. The lowest BCUT2D eigenvalue weighted by Gasteiger charge is -2.21. The predicted octanol–water partition coefficient (Wildman–Crippen LogP) is 5.55. The maximum Gasteiger partial charge on any atom is 0.0904 e. The minimum absolute atomic E-state index is 0.0926. The molecule has 1 rings (SSSR count). The standard InChI is InChI=1S/C7H5Br5/c1-2-7(12)5(10)3(8)4(9)6(7)11/h2H2,1H3. The molecule has 0 heterocycles. The Balaban J connectivity index is 3.25. The third-order valence-corrected chi connectivity index (χ3v) is 9.51.